The van der Waals surface area contributed by atoms with E-state index in [1.807, 2.05) is 0 Å². The summed E-state index contributed by atoms with van der Waals surface area (Å²) in [6.07, 6.45) is 0. The van der Waals surface area contributed by atoms with Gasteiger partial charge >= 0.3 is 5.69 Å². The van der Waals surface area contributed by atoms with Crippen LogP contribution in [0.15, 0.2) is 52.3 Å². The molecule has 0 saturated heterocycles. The molecule has 2 rings (SSSR count). The predicted octanol–water partition coefficient (Wildman–Crippen LogP) is 5.05. The van der Waals surface area contributed by atoms with Crippen LogP contribution in [0.3, 0.4) is 0 Å². The minimum Gasteiger partial charge on any atom is -0.258 e. The molecule has 0 amide bonds. The van der Waals surface area contributed by atoms with Crippen molar-refractivity contribution in [3.63, 3.8) is 0 Å². The fourth-order valence-electron chi connectivity index (χ4n) is 1.38. The van der Waals surface area contributed by atoms with Crippen molar-refractivity contribution in [3.05, 3.63) is 62.6 Å². The van der Waals surface area contributed by atoms with E-state index in [1.165, 1.54) is 17.8 Å². The molecule has 0 spiro atoms. The molecule has 2 aromatic rings. The van der Waals surface area contributed by atoms with Crippen LogP contribution in [-0.2, 0) is 0 Å². The Kier molecular flexibility index (Phi) is 4.11. The van der Waals surface area contributed by atoms with Crippen LogP contribution in [0.25, 0.3) is 0 Å². The highest BCUT2D eigenvalue weighted by molar-refractivity contribution is 7.99. The largest absolute Gasteiger partial charge is 0.301 e. The Morgan fingerprint density at radius 2 is 1.72 bits per heavy atom. The third-order valence-electron chi connectivity index (χ3n) is 2.17. The molecule has 0 aliphatic rings. The van der Waals surface area contributed by atoms with Gasteiger partial charge in [-0.3, -0.25) is 10.1 Å². The van der Waals surface area contributed by atoms with E-state index in [0.29, 0.717) is 9.92 Å². The molecule has 92 valence electrons. The number of halogens is 2. The number of hydrogen-bond donors (Lipinski definition) is 0. The maximum atomic E-state index is 11.0. The molecule has 0 bridgehead atoms. The summed E-state index contributed by atoms with van der Waals surface area (Å²) in [5.74, 6) is 0. The number of benzene rings is 2. The van der Waals surface area contributed by atoms with Crippen molar-refractivity contribution in [2.45, 2.75) is 9.79 Å². The Bertz CT molecular complexity index is 587. The highest BCUT2D eigenvalue weighted by Crippen LogP contribution is 2.38. The highest BCUT2D eigenvalue weighted by Gasteiger charge is 2.18. The van der Waals surface area contributed by atoms with Crippen LogP contribution in [-0.4, -0.2) is 4.92 Å². The van der Waals surface area contributed by atoms with Gasteiger partial charge in [-0.05, 0) is 36.4 Å². The van der Waals surface area contributed by atoms with Crippen molar-refractivity contribution in [3.8, 4) is 0 Å². The van der Waals surface area contributed by atoms with E-state index in [9.17, 15) is 10.1 Å². The normalized spacial score (nSPS) is 10.3. The van der Waals surface area contributed by atoms with Crippen LogP contribution in [0.4, 0.5) is 5.69 Å². The topological polar surface area (TPSA) is 43.1 Å². The van der Waals surface area contributed by atoms with E-state index in [-0.39, 0.29) is 10.7 Å². The average molecular weight is 300 g/mol. The Labute approximate surface area is 118 Å². The summed E-state index contributed by atoms with van der Waals surface area (Å²) in [6.45, 7) is 0. The standard InChI is InChI=1S/C12H7Cl2NO2S/c13-8-4-6-9(7-5-8)18-11-3-1-2-10(14)12(11)15(16)17/h1-7H. The zero-order valence-electron chi connectivity index (χ0n) is 8.97. The van der Waals surface area contributed by atoms with E-state index in [0.717, 1.165) is 4.90 Å². The lowest BCUT2D eigenvalue weighted by Gasteiger charge is -2.04. The van der Waals surface area contributed by atoms with E-state index in [2.05, 4.69) is 0 Å². The summed E-state index contributed by atoms with van der Waals surface area (Å²) in [7, 11) is 0. The monoisotopic (exact) mass is 299 g/mol. The molecular weight excluding hydrogens is 293 g/mol. The lowest BCUT2D eigenvalue weighted by atomic mass is 10.3. The van der Waals surface area contributed by atoms with Gasteiger partial charge in [0.2, 0.25) is 0 Å². The molecule has 0 aromatic heterocycles. The quantitative estimate of drug-likeness (QED) is 0.588. The zero-order valence-corrected chi connectivity index (χ0v) is 11.3. The first kappa shape index (κ1) is 13.2. The summed E-state index contributed by atoms with van der Waals surface area (Å²) >= 11 is 12.9. The molecule has 0 aliphatic heterocycles. The first-order chi connectivity index (χ1) is 8.58. The van der Waals surface area contributed by atoms with Crippen LogP contribution in [0.2, 0.25) is 10.0 Å². The number of nitro benzene ring substituents is 1. The fourth-order valence-corrected chi connectivity index (χ4v) is 2.76. The molecule has 0 heterocycles. The van der Waals surface area contributed by atoms with Gasteiger partial charge in [-0.2, -0.15) is 0 Å². The van der Waals surface area contributed by atoms with Crippen molar-refractivity contribution < 1.29 is 4.92 Å². The molecule has 0 N–H and O–H groups in total. The van der Waals surface area contributed by atoms with Crippen molar-refractivity contribution >= 4 is 40.7 Å². The van der Waals surface area contributed by atoms with Crippen molar-refractivity contribution in [1.82, 2.24) is 0 Å². The molecule has 0 atom stereocenters. The van der Waals surface area contributed by atoms with E-state index in [1.54, 1.807) is 36.4 Å². The smallest absolute Gasteiger partial charge is 0.258 e. The van der Waals surface area contributed by atoms with Crippen LogP contribution >= 0.6 is 35.0 Å². The van der Waals surface area contributed by atoms with Crippen LogP contribution < -0.4 is 0 Å². The van der Waals surface area contributed by atoms with E-state index >= 15 is 0 Å². The number of nitrogens with zero attached hydrogens (tertiary/aromatic N) is 1. The van der Waals surface area contributed by atoms with Gasteiger partial charge < -0.3 is 0 Å². The van der Waals surface area contributed by atoms with Crippen LogP contribution in [0.5, 0.6) is 0 Å². The molecule has 0 saturated carbocycles. The van der Waals surface area contributed by atoms with Gasteiger partial charge in [0.15, 0.2) is 0 Å². The molecule has 18 heavy (non-hydrogen) atoms. The Hall–Kier alpha value is -1.23. The molecule has 0 unspecified atom stereocenters. The maximum Gasteiger partial charge on any atom is 0.301 e. The van der Waals surface area contributed by atoms with Gasteiger partial charge in [-0.1, -0.05) is 41.0 Å². The lowest BCUT2D eigenvalue weighted by molar-refractivity contribution is -0.387. The van der Waals surface area contributed by atoms with Gasteiger partial charge in [0.05, 0.1) is 9.82 Å². The predicted molar refractivity (Wildman–Crippen MR) is 73.7 cm³/mol. The minimum absolute atomic E-state index is 0.0703. The van der Waals surface area contributed by atoms with Gasteiger partial charge in [0.25, 0.3) is 0 Å². The first-order valence-corrected chi connectivity index (χ1v) is 6.51. The lowest BCUT2D eigenvalue weighted by Crippen LogP contribution is -1.91. The molecule has 3 nitrogen and oxygen atoms in total. The summed E-state index contributed by atoms with van der Waals surface area (Å²) < 4.78 is 0. The maximum absolute atomic E-state index is 11.0. The van der Waals surface area contributed by atoms with Crippen LogP contribution in [0.1, 0.15) is 0 Å². The second kappa shape index (κ2) is 5.61. The summed E-state index contributed by atoms with van der Waals surface area (Å²) in [4.78, 5) is 11.9. The molecule has 6 heteroatoms. The second-order valence-electron chi connectivity index (χ2n) is 3.40. The second-order valence-corrected chi connectivity index (χ2v) is 5.36. The molecule has 0 fully saturated rings. The average Bonchev–Trinajstić information content (AvgIpc) is 2.32. The number of rotatable bonds is 3. The first-order valence-electron chi connectivity index (χ1n) is 4.94. The third-order valence-corrected chi connectivity index (χ3v) is 3.79. The summed E-state index contributed by atoms with van der Waals surface area (Å²) in [6, 6.07) is 11.9. The van der Waals surface area contributed by atoms with E-state index < -0.39 is 4.92 Å². The molecular formula is C12H7Cl2NO2S. The molecule has 0 aliphatic carbocycles. The molecule has 0 radical (unpaired) electrons. The van der Waals surface area contributed by atoms with Gasteiger partial charge in [0, 0.05) is 9.92 Å². The Morgan fingerprint density at radius 1 is 1.06 bits per heavy atom. The van der Waals surface area contributed by atoms with Gasteiger partial charge in [-0.15, -0.1) is 0 Å². The molecule has 2 aromatic carbocycles. The Balaban J connectivity index is 2.37. The fraction of sp³-hybridized carbons (Fsp3) is 0. The van der Waals surface area contributed by atoms with Crippen molar-refractivity contribution in [2.75, 3.05) is 0 Å². The van der Waals surface area contributed by atoms with Gasteiger partial charge in [-0.25, -0.2) is 0 Å². The van der Waals surface area contributed by atoms with Crippen molar-refractivity contribution in [2.24, 2.45) is 0 Å². The SMILES string of the molecule is O=[N+]([O-])c1c(Cl)cccc1Sc1ccc(Cl)cc1. The Morgan fingerprint density at radius 3 is 2.33 bits per heavy atom. The number of nitro groups is 1. The highest BCUT2D eigenvalue weighted by atomic mass is 35.5. The minimum atomic E-state index is -0.472. The van der Waals surface area contributed by atoms with E-state index in [4.69, 9.17) is 23.2 Å². The zero-order chi connectivity index (χ0) is 13.1. The number of para-hydroxylation sites is 1. The van der Waals surface area contributed by atoms with Crippen molar-refractivity contribution in [1.29, 1.82) is 0 Å². The van der Waals surface area contributed by atoms with Gasteiger partial charge in [0.1, 0.15) is 5.02 Å². The number of hydrogen-bond acceptors (Lipinski definition) is 3. The third kappa shape index (κ3) is 2.96. The van der Waals surface area contributed by atoms with Crippen LogP contribution in [0, 0.1) is 10.1 Å². The summed E-state index contributed by atoms with van der Waals surface area (Å²) in [5, 5.41) is 11.7. The summed E-state index contributed by atoms with van der Waals surface area (Å²) in [5.41, 5.74) is -0.0703.